The summed E-state index contributed by atoms with van der Waals surface area (Å²) in [7, 11) is 0. The number of anilines is 1. The molecule has 0 spiro atoms. The van der Waals surface area contributed by atoms with Crippen LogP contribution in [0.1, 0.15) is 32.1 Å². The monoisotopic (exact) mass is 460 g/mol. The molecule has 0 atom stereocenters. The molecule has 0 saturated carbocycles. The number of nitrogens with zero attached hydrogens (tertiary/aromatic N) is 7. The molecule has 12 heteroatoms. The number of allylic oxidation sites excluding steroid dienone is 1. The Kier molecular flexibility index (Phi) is 6.87. The maximum atomic E-state index is 12.1. The lowest BCUT2D eigenvalue weighted by atomic mass is 10.2. The van der Waals surface area contributed by atoms with Gasteiger partial charge in [0, 0.05) is 25.5 Å². The van der Waals surface area contributed by atoms with Crippen molar-refractivity contribution < 1.29 is 19.2 Å². The van der Waals surface area contributed by atoms with E-state index in [2.05, 4.69) is 42.3 Å². The average Bonchev–Trinajstić information content (AvgIpc) is 3.17. The number of hydrogen-bond acceptors (Lipinski definition) is 10. The molecule has 3 aromatic heterocycles. The summed E-state index contributed by atoms with van der Waals surface area (Å²) in [6, 6.07) is 8.63. The lowest BCUT2D eigenvalue weighted by molar-refractivity contribution is -0.186. The van der Waals surface area contributed by atoms with Crippen LogP contribution in [0.2, 0.25) is 0 Å². The van der Waals surface area contributed by atoms with Gasteiger partial charge in [0.25, 0.3) is 5.91 Å². The van der Waals surface area contributed by atoms with E-state index in [1.54, 1.807) is 30.5 Å². The van der Waals surface area contributed by atoms with Gasteiger partial charge in [-0.1, -0.05) is 12.6 Å². The average molecular weight is 460 g/mol. The van der Waals surface area contributed by atoms with Crippen molar-refractivity contribution in [3.05, 3.63) is 55.0 Å². The zero-order chi connectivity index (χ0) is 23.9. The van der Waals surface area contributed by atoms with Crippen LogP contribution in [0.15, 0.2) is 55.0 Å². The standard InChI is InChI=1S/C22H20N8O4/c1-14-8-11-19(32)30(14)34-20(33)7-4-6-18(31)25-15-9-10-17(24-13-15)22-28-26-21(27-29-22)16-5-2-3-12-23-16/h2-3,5,9-10,12-13H,1,4,6-8,11H2,(H,25,31). The van der Waals surface area contributed by atoms with Crippen molar-refractivity contribution in [2.75, 3.05) is 5.32 Å². The van der Waals surface area contributed by atoms with E-state index in [0.29, 0.717) is 35.0 Å². The molecule has 1 fully saturated rings. The van der Waals surface area contributed by atoms with Crippen LogP contribution in [-0.4, -0.2) is 53.2 Å². The minimum absolute atomic E-state index is 0.00645. The Morgan fingerprint density at radius 2 is 1.71 bits per heavy atom. The minimum Gasteiger partial charge on any atom is -0.334 e. The second-order valence-corrected chi connectivity index (χ2v) is 7.31. The molecule has 4 rings (SSSR count). The Hall–Kier alpha value is -4.61. The van der Waals surface area contributed by atoms with E-state index in [9.17, 15) is 14.4 Å². The second kappa shape index (κ2) is 10.3. The third-order valence-electron chi connectivity index (χ3n) is 4.77. The second-order valence-electron chi connectivity index (χ2n) is 7.31. The van der Waals surface area contributed by atoms with Gasteiger partial charge in [-0.15, -0.1) is 25.5 Å². The molecule has 4 heterocycles. The van der Waals surface area contributed by atoms with Crippen molar-refractivity contribution in [1.29, 1.82) is 0 Å². The van der Waals surface area contributed by atoms with Gasteiger partial charge in [0.05, 0.1) is 17.6 Å². The molecule has 12 nitrogen and oxygen atoms in total. The lowest BCUT2D eigenvalue weighted by Crippen LogP contribution is -2.26. The topological polar surface area (TPSA) is 153 Å². The minimum atomic E-state index is -0.591. The number of amides is 2. The first-order chi connectivity index (χ1) is 16.5. The summed E-state index contributed by atoms with van der Waals surface area (Å²) in [5.41, 5.74) is 1.92. The number of aromatic nitrogens is 6. The van der Waals surface area contributed by atoms with Crippen LogP contribution in [0, 0.1) is 0 Å². The Bertz CT molecular complexity index is 1180. The van der Waals surface area contributed by atoms with E-state index < -0.39 is 5.97 Å². The highest BCUT2D eigenvalue weighted by atomic mass is 16.7. The number of pyridine rings is 2. The fraction of sp³-hybridized carbons (Fsp3) is 0.227. The van der Waals surface area contributed by atoms with Crippen molar-refractivity contribution in [3.63, 3.8) is 0 Å². The lowest BCUT2D eigenvalue weighted by Gasteiger charge is -2.15. The molecule has 1 aliphatic rings. The van der Waals surface area contributed by atoms with Crippen LogP contribution in [0.4, 0.5) is 5.69 Å². The number of carbonyl (C=O) groups is 3. The summed E-state index contributed by atoms with van der Waals surface area (Å²) in [6.07, 6.45) is 4.18. The van der Waals surface area contributed by atoms with E-state index in [-0.39, 0.29) is 43.3 Å². The first-order valence-electron chi connectivity index (χ1n) is 10.5. The summed E-state index contributed by atoms with van der Waals surface area (Å²) >= 11 is 0. The zero-order valence-corrected chi connectivity index (χ0v) is 18.0. The third-order valence-corrected chi connectivity index (χ3v) is 4.77. The molecule has 1 N–H and O–H groups in total. The Morgan fingerprint density at radius 3 is 2.29 bits per heavy atom. The molecule has 0 radical (unpaired) electrons. The van der Waals surface area contributed by atoms with Crippen LogP contribution >= 0.6 is 0 Å². The largest absolute Gasteiger partial charge is 0.334 e. The molecule has 0 unspecified atom stereocenters. The summed E-state index contributed by atoms with van der Waals surface area (Å²) in [5.74, 6) is -0.646. The van der Waals surface area contributed by atoms with Gasteiger partial charge in [-0.25, -0.2) is 4.79 Å². The molecular weight excluding hydrogens is 440 g/mol. The summed E-state index contributed by atoms with van der Waals surface area (Å²) in [4.78, 5) is 49.0. The van der Waals surface area contributed by atoms with Crippen LogP contribution < -0.4 is 5.32 Å². The molecule has 0 bridgehead atoms. The van der Waals surface area contributed by atoms with Crippen molar-refractivity contribution >= 4 is 23.5 Å². The van der Waals surface area contributed by atoms with Gasteiger partial charge in [0.15, 0.2) is 0 Å². The van der Waals surface area contributed by atoms with Gasteiger partial charge in [-0.2, -0.15) is 0 Å². The normalized spacial score (nSPS) is 13.1. The van der Waals surface area contributed by atoms with E-state index >= 15 is 0 Å². The first-order valence-corrected chi connectivity index (χ1v) is 10.5. The SMILES string of the molecule is C=C1CCC(=O)N1OC(=O)CCCC(=O)Nc1ccc(-c2nnc(-c3ccccn3)nn2)nc1. The molecule has 0 aromatic carbocycles. The molecule has 34 heavy (non-hydrogen) atoms. The molecule has 1 aliphatic heterocycles. The maximum Gasteiger partial charge on any atom is 0.333 e. The van der Waals surface area contributed by atoms with Gasteiger partial charge in [0.2, 0.25) is 17.6 Å². The van der Waals surface area contributed by atoms with Gasteiger partial charge in [-0.3, -0.25) is 19.6 Å². The number of carbonyl (C=O) groups excluding carboxylic acids is 3. The summed E-state index contributed by atoms with van der Waals surface area (Å²) in [6.45, 7) is 3.68. The molecule has 2 amide bonds. The molecule has 1 saturated heterocycles. The van der Waals surface area contributed by atoms with Crippen LogP contribution in [0.25, 0.3) is 23.0 Å². The van der Waals surface area contributed by atoms with Crippen molar-refractivity contribution in [1.82, 2.24) is 35.4 Å². The first kappa shape index (κ1) is 22.6. The highest BCUT2D eigenvalue weighted by molar-refractivity contribution is 5.90. The van der Waals surface area contributed by atoms with E-state index in [0.717, 1.165) is 5.06 Å². The van der Waals surface area contributed by atoms with Crippen LogP contribution in [0.5, 0.6) is 0 Å². The predicted octanol–water partition coefficient (Wildman–Crippen LogP) is 2.09. The fourth-order valence-corrected chi connectivity index (χ4v) is 3.04. The van der Waals surface area contributed by atoms with Crippen LogP contribution in [-0.2, 0) is 19.2 Å². The maximum absolute atomic E-state index is 12.1. The molecule has 3 aromatic rings. The van der Waals surface area contributed by atoms with Crippen molar-refractivity contribution in [2.24, 2.45) is 0 Å². The number of hydrogen-bond donors (Lipinski definition) is 1. The van der Waals surface area contributed by atoms with Gasteiger partial charge >= 0.3 is 5.97 Å². The Labute approximate surface area is 194 Å². The van der Waals surface area contributed by atoms with Gasteiger partial charge < -0.3 is 10.2 Å². The summed E-state index contributed by atoms with van der Waals surface area (Å²) < 4.78 is 0. The smallest absolute Gasteiger partial charge is 0.333 e. The highest BCUT2D eigenvalue weighted by Crippen LogP contribution is 2.21. The van der Waals surface area contributed by atoms with Crippen LogP contribution in [0.3, 0.4) is 0 Å². The Balaban J connectivity index is 1.24. The van der Waals surface area contributed by atoms with Crippen molar-refractivity contribution in [2.45, 2.75) is 32.1 Å². The summed E-state index contributed by atoms with van der Waals surface area (Å²) in [5, 5.41) is 19.7. The number of nitrogens with one attached hydrogen (secondary N) is 1. The van der Waals surface area contributed by atoms with E-state index in [1.165, 1.54) is 6.20 Å². The third kappa shape index (κ3) is 5.59. The quantitative estimate of drug-likeness (QED) is 0.528. The number of rotatable bonds is 8. The molecule has 172 valence electrons. The number of hydroxylamine groups is 2. The molecular formula is C22H20N8O4. The van der Waals surface area contributed by atoms with E-state index in [4.69, 9.17) is 4.84 Å². The zero-order valence-electron chi connectivity index (χ0n) is 18.0. The van der Waals surface area contributed by atoms with Gasteiger partial charge in [-0.05, 0) is 37.1 Å². The Morgan fingerprint density at radius 1 is 0.971 bits per heavy atom. The van der Waals surface area contributed by atoms with Gasteiger partial charge in [0.1, 0.15) is 11.4 Å². The highest BCUT2D eigenvalue weighted by Gasteiger charge is 2.28. The van der Waals surface area contributed by atoms with E-state index in [1.807, 2.05) is 6.07 Å². The molecule has 0 aliphatic carbocycles. The predicted molar refractivity (Wildman–Crippen MR) is 118 cm³/mol. The fourth-order valence-electron chi connectivity index (χ4n) is 3.04. The van der Waals surface area contributed by atoms with Crippen molar-refractivity contribution in [3.8, 4) is 23.0 Å².